The van der Waals surface area contributed by atoms with Gasteiger partial charge in [-0.2, -0.15) is 0 Å². The van der Waals surface area contributed by atoms with E-state index in [1.54, 1.807) is 29.3 Å². The molecule has 8 nitrogen and oxygen atoms in total. The zero-order valence-corrected chi connectivity index (χ0v) is 16.1. The fourth-order valence-corrected chi connectivity index (χ4v) is 3.82. The summed E-state index contributed by atoms with van der Waals surface area (Å²) in [4.78, 5) is 39.7. The summed E-state index contributed by atoms with van der Waals surface area (Å²) in [6, 6.07) is 5.07. The number of carbonyl (C=O) groups excluding carboxylic acids is 2. The maximum absolute atomic E-state index is 12.8. The molecular weight excluding hydrogens is 358 g/mol. The van der Waals surface area contributed by atoms with E-state index in [0.29, 0.717) is 49.5 Å². The van der Waals surface area contributed by atoms with Gasteiger partial charge in [0.25, 0.3) is 11.8 Å². The molecule has 2 aliphatic heterocycles. The van der Waals surface area contributed by atoms with Crippen molar-refractivity contribution in [2.45, 2.75) is 19.8 Å². The summed E-state index contributed by atoms with van der Waals surface area (Å²) in [5, 5.41) is 0. The number of carbonyl (C=O) groups is 2. The van der Waals surface area contributed by atoms with Crippen LogP contribution in [0.15, 0.2) is 35.1 Å². The quantitative estimate of drug-likeness (QED) is 0.805. The van der Waals surface area contributed by atoms with Gasteiger partial charge in [-0.05, 0) is 37.0 Å². The molecule has 28 heavy (non-hydrogen) atoms. The van der Waals surface area contributed by atoms with E-state index < -0.39 is 0 Å². The third-order valence-electron chi connectivity index (χ3n) is 5.39. The van der Waals surface area contributed by atoms with E-state index in [4.69, 9.17) is 4.42 Å². The molecule has 2 aliphatic rings. The minimum atomic E-state index is -0.103. The molecule has 0 spiro atoms. The van der Waals surface area contributed by atoms with Crippen LogP contribution in [0.2, 0.25) is 0 Å². The Hall–Kier alpha value is -2.90. The van der Waals surface area contributed by atoms with Gasteiger partial charge < -0.3 is 19.1 Å². The van der Waals surface area contributed by atoms with Gasteiger partial charge in [0.2, 0.25) is 5.95 Å². The molecule has 148 valence electrons. The summed E-state index contributed by atoms with van der Waals surface area (Å²) in [6.07, 6.45) is 5.35. The maximum Gasteiger partial charge on any atom is 0.289 e. The second kappa shape index (κ2) is 8.00. The Morgan fingerprint density at radius 3 is 2.61 bits per heavy atom. The molecule has 4 rings (SSSR count). The van der Waals surface area contributed by atoms with Crippen molar-refractivity contribution >= 4 is 17.8 Å². The van der Waals surface area contributed by atoms with E-state index in [1.807, 2.05) is 9.80 Å². The van der Waals surface area contributed by atoms with Crippen LogP contribution in [-0.2, 0) is 0 Å². The normalized spacial score (nSPS) is 20.3. The van der Waals surface area contributed by atoms with E-state index in [9.17, 15) is 9.59 Å². The lowest BCUT2D eigenvalue weighted by Gasteiger charge is -2.34. The number of likely N-dealkylation sites (tertiary alicyclic amines) is 1. The molecule has 2 saturated heterocycles. The zero-order chi connectivity index (χ0) is 19.5. The molecule has 0 aromatic carbocycles. The van der Waals surface area contributed by atoms with Gasteiger partial charge >= 0.3 is 0 Å². The molecule has 0 bridgehead atoms. The monoisotopic (exact) mass is 383 g/mol. The molecule has 2 aromatic rings. The number of nitrogens with zero attached hydrogens (tertiary/aromatic N) is 5. The van der Waals surface area contributed by atoms with Crippen LogP contribution < -0.4 is 4.90 Å². The number of aromatic nitrogens is 2. The Morgan fingerprint density at radius 2 is 1.89 bits per heavy atom. The average Bonchev–Trinajstić information content (AvgIpc) is 3.28. The first kappa shape index (κ1) is 18.5. The molecule has 2 fully saturated rings. The van der Waals surface area contributed by atoms with Gasteiger partial charge in [-0.15, -0.1) is 0 Å². The minimum Gasteiger partial charge on any atom is -0.459 e. The molecule has 2 amide bonds. The van der Waals surface area contributed by atoms with E-state index in [-0.39, 0.29) is 11.8 Å². The van der Waals surface area contributed by atoms with E-state index in [2.05, 4.69) is 16.9 Å². The molecule has 1 atom stereocenters. The number of hydrogen-bond acceptors (Lipinski definition) is 6. The zero-order valence-electron chi connectivity index (χ0n) is 16.1. The number of rotatable bonds is 3. The highest BCUT2D eigenvalue weighted by molar-refractivity contribution is 5.93. The molecule has 2 aromatic heterocycles. The summed E-state index contributed by atoms with van der Waals surface area (Å²) in [6.45, 7) is 6.10. The molecule has 0 N–H and O–H groups in total. The topological polar surface area (TPSA) is 82.8 Å². The molecule has 4 heterocycles. The van der Waals surface area contributed by atoms with Gasteiger partial charge in [-0.25, -0.2) is 9.97 Å². The first-order valence-corrected chi connectivity index (χ1v) is 9.82. The second-order valence-electron chi connectivity index (χ2n) is 7.50. The lowest BCUT2D eigenvalue weighted by molar-refractivity contribution is 0.0676. The van der Waals surface area contributed by atoms with E-state index >= 15 is 0 Å². The molecule has 8 heteroatoms. The molecular formula is C20H25N5O3. The van der Waals surface area contributed by atoms with Gasteiger partial charge in [0.1, 0.15) is 5.69 Å². The number of piperazine rings is 1. The number of furan rings is 1. The number of hydrogen-bond donors (Lipinski definition) is 0. The maximum atomic E-state index is 12.8. The highest BCUT2D eigenvalue weighted by atomic mass is 16.3. The van der Waals surface area contributed by atoms with Crippen LogP contribution in [0.25, 0.3) is 0 Å². The fourth-order valence-electron chi connectivity index (χ4n) is 3.82. The predicted molar refractivity (Wildman–Crippen MR) is 103 cm³/mol. The standard InChI is InChI=1S/C20H25N5O3/c1-15-4-2-8-25(14-15)18(26)16-6-7-21-20(22-16)24-11-9-23(10-12-24)19(27)17-5-3-13-28-17/h3,5-7,13,15H,2,4,8-12,14H2,1H3. The van der Waals surface area contributed by atoms with Crippen LogP contribution in [0.5, 0.6) is 0 Å². The molecule has 0 saturated carbocycles. The first-order chi connectivity index (χ1) is 13.6. The van der Waals surface area contributed by atoms with Crippen LogP contribution in [-0.4, -0.2) is 70.9 Å². The Bertz CT molecular complexity index is 830. The van der Waals surface area contributed by atoms with Gasteiger partial charge in [0.15, 0.2) is 5.76 Å². The summed E-state index contributed by atoms with van der Waals surface area (Å²) in [7, 11) is 0. The first-order valence-electron chi connectivity index (χ1n) is 9.82. The van der Waals surface area contributed by atoms with Crippen molar-refractivity contribution in [3.05, 3.63) is 42.1 Å². The molecule has 0 aliphatic carbocycles. The van der Waals surface area contributed by atoms with Crippen molar-refractivity contribution in [2.24, 2.45) is 5.92 Å². The largest absolute Gasteiger partial charge is 0.459 e. The van der Waals surface area contributed by atoms with Gasteiger partial charge in [-0.3, -0.25) is 9.59 Å². The Kier molecular flexibility index (Phi) is 5.27. The van der Waals surface area contributed by atoms with Crippen LogP contribution >= 0.6 is 0 Å². The van der Waals surface area contributed by atoms with Crippen molar-refractivity contribution < 1.29 is 14.0 Å². The third kappa shape index (κ3) is 3.85. The predicted octanol–water partition coefficient (Wildman–Crippen LogP) is 1.90. The summed E-state index contributed by atoms with van der Waals surface area (Å²) in [5.41, 5.74) is 0.438. The van der Waals surface area contributed by atoms with E-state index in [1.165, 1.54) is 12.7 Å². The summed E-state index contributed by atoms with van der Waals surface area (Å²) in [5.74, 6) is 1.29. The van der Waals surface area contributed by atoms with Crippen molar-refractivity contribution in [3.8, 4) is 0 Å². The lowest BCUT2D eigenvalue weighted by Crippen LogP contribution is -2.49. The Morgan fingerprint density at radius 1 is 1.07 bits per heavy atom. The Balaban J connectivity index is 1.40. The number of anilines is 1. The summed E-state index contributed by atoms with van der Waals surface area (Å²) >= 11 is 0. The highest BCUT2D eigenvalue weighted by Crippen LogP contribution is 2.19. The van der Waals surface area contributed by atoms with Crippen molar-refractivity contribution in [2.75, 3.05) is 44.2 Å². The number of amides is 2. The molecule has 1 unspecified atom stereocenters. The Labute approximate surface area is 164 Å². The van der Waals surface area contributed by atoms with E-state index in [0.717, 1.165) is 19.5 Å². The van der Waals surface area contributed by atoms with Gasteiger partial charge in [0.05, 0.1) is 6.26 Å². The van der Waals surface area contributed by atoms with Crippen LogP contribution in [0.4, 0.5) is 5.95 Å². The van der Waals surface area contributed by atoms with Crippen molar-refractivity contribution in [3.63, 3.8) is 0 Å². The van der Waals surface area contributed by atoms with Crippen molar-refractivity contribution in [1.82, 2.24) is 19.8 Å². The fraction of sp³-hybridized carbons (Fsp3) is 0.500. The number of piperidine rings is 1. The van der Waals surface area contributed by atoms with Crippen molar-refractivity contribution in [1.29, 1.82) is 0 Å². The smallest absolute Gasteiger partial charge is 0.289 e. The third-order valence-corrected chi connectivity index (χ3v) is 5.39. The average molecular weight is 383 g/mol. The SMILES string of the molecule is CC1CCCN(C(=O)c2ccnc(N3CCN(C(=O)c4ccco4)CC3)n2)C1. The van der Waals surface area contributed by atoms with Gasteiger partial charge in [-0.1, -0.05) is 6.92 Å². The van der Waals surface area contributed by atoms with Crippen LogP contribution in [0, 0.1) is 5.92 Å². The summed E-state index contributed by atoms with van der Waals surface area (Å²) < 4.78 is 5.20. The lowest BCUT2D eigenvalue weighted by atomic mass is 10.00. The molecule has 0 radical (unpaired) electrons. The van der Waals surface area contributed by atoms with Crippen LogP contribution in [0.3, 0.4) is 0 Å². The van der Waals surface area contributed by atoms with Gasteiger partial charge in [0, 0.05) is 45.5 Å². The highest BCUT2D eigenvalue weighted by Gasteiger charge is 2.27. The second-order valence-corrected chi connectivity index (χ2v) is 7.50. The van der Waals surface area contributed by atoms with Crippen LogP contribution in [0.1, 0.15) is 40.8 Å². The minimum absolute atomic E-state index is 0.0261.